The number of aliphatic hydroxyl groups is 1. The van der Waals surface area contributed by atoms with Crippen LogP contribution in [0.2, 0.25) is 5.15 Å². The maximum atomic E-state index is 13.4. The predicted octanol–water partition coefficient (Wildman–Crippen LogP) is 2.17. The molecule has 0 fully saturated rings. The number of benzene rings is 1. The molecule has 1 aliphatic heterocycles. The summed E-state index contributed by atoms with van der Waals surface area (Å²) in [6.45, 7) is -0.00221. The maximum Gasteiger partial charge on any atom is 0.331 e. The molecule has 4 aromatic rings. The topological polar surface area (TPSA) is 115 Å². The molecule has 33 heavy (non-hydrogen) atoms. The van der Waals surface area contributed by atoms with E-state index in [2.05, 4.69) is 11.1 Å². The lowest BCUT2D eigenvalue weighted by Gasteiger charge is -2.31. The Bertz CT molecular complexity index is 1570. The first-order chi connectivity index (χ1) is 15.8. The van der Waals surface area contributed by atoms with Gasteiger partial charge in [0, 0.05) is 25.0 Å². The van der Waals surface area contributed by atoms with Crippen LogP contribution >= 0.6 is 22.9 Å². The molecule has 9 nitrogen and oxygen atoms in total. The summed E-state index contributed by atoms with van der Waals surface area (Å²) in [6.07, 6.45) is -1.33. The molecule has 0 saturated heterocycles. The van der Waals surface area contributed by atoms with Gasteiger partial charge < -0.3 is 14.4 Å². The monoisotopic (exact) mass is 483 g/mol. The quantitative estimate of drug-likeness (QED) is 0.477. The fraction of sp³-hybridized carbons (Fsp3) is 0.273. The van der Waals surface area contributed by atoms with Crippen molar-refractivity contribution in [2.24, 2.45) is 14.1 Å². The van der Waals surface area contributed by atoms with Crippen molar-refractivity contribution >= 4 is 33.8 Å². The van der Waals surface area contributed by atoms with E-state index in [1.165, 1.54) is 23.0 Å². The highest BCUT2D eigenvalue weighted by Gasteiger charge is 2.37. The normalized spacial score (nSPS) is 17.8. The van der Waals surface area contributed by atoms with Crippen LogP contribution in [0, 0.1) is 11.3 Å². The third kappa shape index (κ3) is 3.24. The Balaban J connectivity index is 1.97. The Labute approximate surface area is 196 Å². The number of aromatic nitrogens is 4. The standard InChI is InChI=1S/C22H18ClN5O4S/c1-26-17-15(21(30)27(2)22(26)31)16(12-5-3-4-11(6-12)7-24)28-8-13(9-29)32-19(18(17)28)20-25-14(23)10-33-20/h3-6,10,13,19,29H,8-9H2,1-2H3/t13-,19-/m0/s1. The fourth-order valence-electron chi connectivity index (χ4n) is 4.40. The number of hydrogen-bond acceptors (Lipinski definition) is 7. The molecule has 0 radical (unpaired) electrons. The van der Waals surface area contributed by atoms with Crippen LogP contribution in [0.15, 0.2) is 39.2 Å². The summed E-state index contributed by atoms with van der Waals surface area (Å²) in [5.41, 5.74) is 1.72. The van der Waals surface area contributed by atoms with Gasteiger partial charge in [-0.1, -0.05) is 23.7 Å². The molecule has 2 atom stereocenters. The Hall–Kier alpha value is -3.23. The highest BCUT2D eigenvalue weighted by Crippen LogP contribution is 2.43. The van der Waals surface area contributed by atoms with Crippen molar-refractivity contribution < 1.29 is 9.84 Å². The van der Waals surface area contributed by atoms with Crippen LogP contribution in [0.25, 0.3) is 22.2 Å². The summed E-state index contributed by atoms with van der Waals surface area (Å²) in [7, 11) is 3.03. The van der Waals surface area contributed by atoms with Crippen LogP contribution in [0.4, 0.5) is 0 Å². The van der Waals surface area contributed by atoms with Crippen molar-refractivity contribution in [1.29, 1.82) is 5.26 Å². The van der Waals surface area contributed by atoms with Gasteiger partial charge in [0.1, 0.15) is 10.2 Å². The molecule has 0 saturated carbocycles. The second-order valence-corrected chi connectivity index (χ2v) is 9.07. The summed E-state index contributed by atoms with van der Waals surface area (Å²) < 4.78 is 10.5. The highest BCUT2D eigenvalue weighted by molar-refractivity contribution is 7.10. The van der Waals surface area contributed by atoms with E-state index < -0.39 is 23.5 Å². The summed E-state index contributed by atoms with van der Waals surface area (Å²) in [5, 5.41) is 22.2. The fourth-order valence-corrected chi connectivity index (χ4v) is 5.39. The van der Waals surface area contributed by atoms with Gasteiger partial charge in [-0.25, -0.2) is 9.78 Å². The SMILES string of the molecule is Cn1c(=O)c2c(-c3cccc(C#N)c3)n3c(c2n(C)c1=O)[C@@H](c1nc(Cl)cs1)O[C@H](CO)C3. The number of halogens is 1. The molecule has 168 valence electrons. The van der Waals surface area contributed by atoms with Crippen molar-refractivity contribution in [3.8, 4) is 17.3 Å². The van der Waals surface area contributed by atoms with E-state index in [9.17, 15) is 20.0 Å². The van der Waals surface area contributed by atoms with Crippen LogP contribution in [-0.2, 0) is 25.4 Å². The van der Waals surface area contributed by atoms with E-state index in [0.29, 0.717) is 43.6 Å². The number of fused-ring (bicyclic) bond motifs is 3. The minimum Gasteiger partial charge on any atom is -0.394 e. The van der Waals surface area contributed by atoms with Gasteiger partial charge in [0.15, 0.2) is 6.10 Å². The number of thiazole rings is 1. The molecule has 11 heteroatoms. The minimum absolute atomic E-state index is 0.250. The molecule has 3 aromatic heterocycles. The summed E-state index contributed by atoms with van der Waals surface area (Å²) >= 11 is 7.37. The van der Waals surface area contributed by atoms with Gasteiger partial charge in [0.2, 0.25) is 0 Å². The molecule has 0 bridgehead atoms. The Morgan fingerprint density at radius 2 is 2.12 bits per heavy atom. The van der Waals surface area contributed by atoms with E-state index in [1.54, 1.807) is 30.6 Å². The van der Waals surface area contributed by atoms with Crippen molar-refractivity contribution in [2.75, 3.05) is 6.61 Å². The van der Waals surface area contributed by atoms with Crippen LogP contribution in [-0.4, -0.2) is 36.5 Å². The van der Waals surface area contributed by atoms with E-state index in [-0.39, 0.29) is 13.2 Å². The molecule has 5 rings (SSSR count). The van der Waals surface area contributed by atoms with Crippen molar-refractivity contribution in [3.63, 3.8) is 0 Å². The van der Waals surface area contributed by atoms with E-state index in [0.717, 1.165) is 4.57 Å². The summed E-state index contributed by atoms with van der Waals surface area (Å²) in [4.78, 5) is 30.6. The number of nitrogens with zero attached hydrogens (tertiary/aromatic N) is 5. The summed E-state index contributed by atoms with van der Waals surface area (Å²) in [6, 6.07) is 9.06. The lowest BCUT2D eigenvalue weighted by molar-refractivity contribution is -0.0517. The van der Waals surface area contributed by atoms with Gasteiger partial charge in [0.25, 0.3) is 5.56 Å². The lowest BCUT2D eigenvalue weighted by atomic mass is 10.1. The molecule has 0 amide bonds. The molecule has 1 aromatic carbocycles. The number of rotatable bonds is 3. The van der Waals surface area contributed by atoms with Crippen LogP contribution in [0.1, 0.15) is 22.4 Å². The number of ether oxygens (including phenoxy) is 1. The molecule has 0 aliphatic carbocycles. The largest absolute Gasteiger partial charge is 0.394 e. The number of aliphatic hydroxyl groups excluding tert-OH is 1. The zero-order valence-corrected chi connectivity index (χ0v) is 19.2. The van der Waals surface area contributed by atoms with Gasteiger partial charge in [-0.05, 0) is 12.1 Å². The zero-order chi connectivity index (χ0) is 23.4. The van der Waals surface area contributed by atoms with E-state index >= 15 is 0 Å². The smallest absolute Gasteiger partial charge is 0.331 e. The molecular formula is C22H18ClN5O4S. The second-order valence-electron chi connectivity index (χ2n) is 7.80. The molecule has 1 aliphatic rings. The third-order valence-electron chi connectivity index (χ3n) is 5.85. The third-order valence-corrected chi connectivity index (χ3v) is 7.07. The number of aryl methyl sites for hydroxylation is 1. The molecule has 1 N–H and O–H groups in total. The number of nitriles is 1. The molecule has 0 spiro atoms. The molecular weight excluding hydrogens is 466 g/mol. The Morgan fingerprint density at radius 3 is 2.79 bits per heavy atom. The van der Waals surface area contributed by atoms with E-state index in [4.69, 9.17) is 16.3 Å². The van der Waals surface area contributed by atoms with Gasteiger partial charge in [0.05, 0.1) is 53.2 Å². The van der Waals surface area contributed by atoms with Gasteiger partial charge >= 0.3 is 5.69 Å². The predicted molar refractivity (Wildman–Crippen MR) is 123 cm³/mol. The van der Waals surface area contributed by atoms with Gasteiger partial charge in [-0.15, -0.1) is 11.3 Å². The van der Waals surface area contributed by atoms with E-state index in [1.807, 2.05) is 10.6 Å². The Morgan fingerprint density at radius 1 is 1.33 bits per heavy atom. The molecule has 4 heterocycles. The maximum absolute atomic E-state index is 13.4. The van der Waals surface area contributed by atoms with Crippen LogP contribution in [0.3, 0.4) is 0 Å². The Kier molecular flexibility index (Phi) is 5.22. The first-order valence-electron chi connectivity index (χ1n) is 10.1. The highest BCUT2D eigenvalue weighted by atomic mass is 35.5. The van der Waals surface area contributed by atoms with Crippen molar-refractivity contribution in [2.45, 2.75) is 18.8 Å². The number of hydrogen-bond donors (Lipinski definition) is 1. The van der Waals surface area contributed by atoms with Crippen molar-refractivity contribution in [3.05, 3.63) is 71.9 Å². The van der Waals surface area contributed by atoms with Crippen LogP contribution < -0.4 is 11.2 Å². The first kappa shape index (κ1) is 21.6. The second kappa shape index (κ2) is 7.97. The van der Waals surface area contributed by atoms with Crippen molar-refractivity contribution in [1.82, 2.24) is 18.7 Å². The summed E-state index contributed by atoms with van der Waals surface area (Å²) in [5.74, 6) is 0. The first-order valence-corrected chi connectivity index (χ1v) is 11.3. The zero-order valence-electron chi connectivity index (χ0n) is 17.6. The van der Waals surface area contributed by atoms with Gasteiger partial charge in [-0.2, -0.15) is 5.26 Å². The average molecular weight is 484 g/mol. The average Bonchev–Trinajstić information content (AvgIpc) is 3.42. The minimum atomic E-state index is -0.749. The lowest BCUT2D eigenvalue weighted by Crippen LogP contribution is -2.37. The molecule has 0 unspecified atom stereocenters. The van der Waals surface area contributed by atoms with Crippen LogP contribution in [0.5, 0.6) is 0 Å². The van der Waals surface area contributed by atoms with Gasteiger partial charge in [-0.3, -0.25) is 13.9 Å².